The van der Waals surface area contributed by atoms with Crippen LogP contribution >= 0.6 is 11.3 Å². The summed E-state index contributed by atoms with van der Waals surface area (Å²) in [5.74, 6) is 0.592. The second-order valence-electron chi connectivity index (χ2n) is 5.11. The lowest BCUT2D eigenvalue weighted by Crippen LogP contribution is -2.41. The molecule has 100 valence electrons. The Kier molecular flexibility index (Phi) is 3.38. The maximum absolute atomic E-state index is 12.2. The predicted octanol–water partition coefficient (Wildman–Crippen LogP) is 3.56. The molecule has 2 amide bonds. The zero-order valence-electron chi connectivity index (χ0n) is 10.9. The average molecular weight is 275 g/mol. The molecule has 3 rings (SSSR count). The van der Waals surface area contributed by atoms with E-state index < -0.39 is 0 Å². The van der Waals surface area contributed by atoms with Crippen LogP contribution in [0.25, 0.3) is 10.2 Å². The fraction of sp³-hybridized carbons (Fsp3) is 0.429. The first-order valence-electron chi connectivity index (χ1n) is 6.64. The highest BCUT2D eigenvalue weighted by Gasteiger charge is 2.21. The quantitative estimate of drug-likeness (QED) is 0.865. The Morgan fingerprint density at radius 1 is 1.47 bits per heavy atom. The van der Waals surface area contributed by atoms with E-state index in [0.717, 1.165) is 29.7 Å². The van der Waals surface area contributed by atoms with Gasteiger partial charge in [0.25, 0.3) is 0 Å². The molecule has 2 aromatic rings. The van der Waals surface area contributed by atoms with Crippen molar-refractivity contribution in [3.05, 3.63) is 24.3 Å². The van der Waals surface area contributed by atoms with Crippen LogP contribution in [0.4, 0.5) is 9.93 Å². The summed E-state index contributed by atoms with van der Waals surface area (Å²) < 4.78 is 1.10. The van der Waals surface area contributed by atoms with Crippen molar-refractivity contribution >= 4 is 32.7 Å². The van der Waals surface area contributed by atoms with Gasteiger partial charge in [-0.3, -0.25) is 5.32 Å². The number of carbonyl (C=O) groups is 1. The second-order valence-corrected chi connectivity index (χ2v) is 6.14. The van der Waals surface area contributed by atoms with Crippen molar-refractivity contribution in [2.24, 2.45) is 5.92 Å². The Labute approximate surface area is 116 Å². The molecule has 5 heteroatoms. The summed E-state index contributed by atoms with van der Waals surface area (Å²) in [6.45, 7) is 3.88. The van der Waals surface area contributed by atoms with E-state index in [0.29, 0.717) is 11.0 Å². The van der Waals surface area contributed by atoms with Crippen molar-refractivity contribution in [1.29, 1.82) is 0 Å². The van der Waals surface area contributed by atoms with E-state index in [1.807, 2.05) is 29.2 Å². The third kappa shape index (κ3) is 2.71. The van der Waals surface area contributed by atoms with Gasteiger partial charge < -0.3 is 4.90 Å². The molecule has 19 heavy (non-hydrogen) atoms. The smallest absolute Gasteiger partial charge is 0.323 e. The summed E-state index contributed by atoms with van der Waals surface area (Å²) in [6.07, 6.45) is 2.30. The predicted molar refractivity (Wildman–Crippen MR) is 78.6 cm³/mol. The molecular formula is C14H17N3OS. The van der Waals surface area contributed by atoms with E-state index in [1.165, 1.54) is 17.8 Å². The first-order valence-corrected chi connectivity index (χ1v) is 7.45. The first kappa shape index (κ1) is 12.4. The van der Waals surface area contributed by atoms with Crippen molar-refractivity contribution in [2.45, 2.75) is 19.8 Å². The number of fused-ring (bicyclic) bond motifs is 1. The fourth-order valence-electron chi connectivity index (χ4n) is 2.47. The minimum Gasteiger partial charge on any atom is -0.324 e. The largest absolute Gasteiger partial charge is 0.324 e. The lowest BCUT2D eigenvalue weighted by atomic mass is 10.0. The molecule has 0 radical (unpaired) electrons. The van der Waals surface area contributed by atoms with Crippen molar-refractivity contribution < 1.29 is 4.79 Å². The van der Waals surface area contributed by atoms with Gasteiger partial charge in [-0.1, -0.05) is 30.4 Å². The van der Waals surface area contributed by atoms with Crippen LogP contribution in [-0.2, 0) is 0 Å². The van der Waals surface area contributed by atoms with Gasteiger partial charge >= 0.3 is 6.03 Å². The van der Waals surface area contributed by atoms with Gasteiger partial charge in [0.15, 0.2) is 5.13 Å². The van der Waals surface area contributed by atoms with E-state index >= 15 is 0 Å². The second kappa shape index (κ2) is 5.17. The number of amides is 2. The highest BCUT2D eigenvalue weighted by Crippen LogP contribution is 2.26. The molecule has 1 unspecified atom stereocenters. The third-order valence-electron chi connectivity index (χ3n) is 3.45. The first-order chi connectivity index (χ1) is 9.22. The van der Waals surface area contributed by atoms with Gasteiger partial charge in [-0.15, -0.1) is 0 Å². The monoisotopic (exact) mass is 275 g/mol. The minimum absolute atomic E-state index is 0.0226. The summed E-state index contributed by atoms with van der Waals surface area (Å²) >= 11 is 1.52. The molecule has 0 bridgehead atoms. The number of hydrogen-bond acceptors (Lipinski definition) is 3. The number of piperidine rings is 1. The maximum Gasteiger partial charge on any atom is 0.323 e. The number of urea groups is 1. The molecule has 1 aliphatic heterocycles. The van der Waals surface area contributed by atoms with Crippen LogP contribution in [0.1, 0.15) is 19.8 Å². The van der Waals surface area contributed by atoms with Gasteiger partial charge in [0.05, 0.1) is 10.2 Å². The molecule has 1 N–H and O–H groups in total. The highest BCUT2D eigenvalue weighted by atomic mass is 32.1. The topological polar surface area (TPSA) is 45.2 Å². The van der Waals surface area contributed by atoms with Crippen LogP contribution in [0.3, 0.4) is 0 Å². The molecule has 1 aromatic heterocycles. The molecule has 1 atom stereocenters. The summed E-state index contributed by atoms with van der Waals surface area (Å²) in [5, 5.41) is 3.60. The number of likely N-dealkylation sites (tertiary alicyclic amines) is 1. The lowest BCUT2D eigenvalue weighted by molar-refractivity contribution is 0.182. The summed E-state index contributed by atoms with van der Waals surface area (Å²) in [5.41, 5.74) is 0.940. The number of nitrogens with one attached hydrogen (secondary N) is 1. The highest BCUT2D eigenvalue weighted by molar-refractivity contribution is 7.22. The Morgan fingerprint density at radius 2 is 2.32 bits per heavy atom. The maximum atomic E-state index is 12.2. The Bertz CT molecular complexity index is 562. The zero-order chi connectivity index (χ0) is 13.2. The van der Waals surface area contributed by atoms with Gasteiger partial charge in [0.1, 0.15) is 0 Å². The van der Waals surface area contributed by atoms with Crippen molar-refractivity contribution in [3.63, 3.8) is 0 Å². The van der Waals surface area contributed by atoms with Crippen LogP contribution in [0.2, 0.25) is 0 Å². The van der Waals surface area contributed by atoms with Crippen LogP contribution in [0.15, 0.2) is 24.3 Å². The Balaban J connectivity index is 1.71. The number of rotatable bonds is 1. The molecular weight excluding hydrogens is 258 g/mol. The van der Waals surface area contributed by atoms with Crippen LogP contribution < -0.4 is 5.32 Å². The van der Waals surface area contributed by atoms with Crippen LogP contribution in [-0.4, -0.2) is 29.0 Å². The Morgan fingerprint density at radius 3 is 3.11 bits per heavy atom. The SMILES string of the molecule is CC1CCCN(C(=O)Nc2nc3ccccc3s2)C1. The number of carbonyl (C=O) groups excluding carboxylic acids is 1. The van der Waals surface area contributed by atoms with E-state index in [2.05, 4.69) is 17.2 Å². The summed E-state index contributed by atoms with van der Waals surface area (Å²) in [6, 6.07) is 7.90. The molecule has 2 heterocycles. The number of nitrogens with zero attached hydrogens (tertiary/aromatic N) is 2. The standard InChI is InChI=1S/C14H17N3OS/c1-10-5-4-8-17(9-10)14(18)16-13-15-11-6-2-3-7-12(11)19-13/h2-3,6-7,10H,4-5,8-9H2,1H3,(H,15,16,18). The van der Waals surface area contributed by atoms with Gasteiger partial charge in [-0.05, 0) is 30.9 Å². The molecule has 4 nitrogen and oxygen atoms in total. The van der Waals surface area contributed by atoms with Crippen molar-refractivity contribution in [2.75, 3.05) is 18.4 Å². The molecule has 0 spiro atoms. The molecule has 1 aromatic carbocycles. The van der Waals surface area contributed by atoms with E-state index in [-0.39, 0.29) is 6.03 Å². The number of aromatic nitrogens is 1. The summed E-state index contributed by atoms with van der Waals surface area (Å²) in [4.78, 5) is 18.5. The third-order valence-corrected chi connectivity index (χ3v) is 4.40. The molecule has 1 saturated heterocycles. The molecule has 1 fully saturated rings. The minimum atomic E-state index is -0.0226. The Hall–Kier alpha value is -1.62. The van der Waals surface area contributed by atoms with Crippen molar-refractivity contribution in [3.8, 4) is 0 Å². The number of anilines is 1. The normalized spacial score (nSPS) is 19.6. The number of thiazole rings is 1. The van der Waals surface area contributed by atoms with Crippen LogP contribution in [0, 0.1) is 5.92 Å². The number of hydrogen-bond donors (Lipinski definition) is 1. The average Bonchev–Trinajstić information content (AvgIpc) is 2.80. The zero-order valence-corrected chi connectivity index (χ0v) is 11.7. The number of benzene rings is 1. The lowest BCUT2D eigenvalue weighted by Gasteiger charge is -2.30. The van der Waals surface area contributed by atoms with Crippen molar-refractivity contribution in [1.82, 2.24) is 9.88 Å². The van der Waals surface area contributed by atoms with Gasteiger partial charge in [0, 0.05) is 13.1 Å². The molecule has 1 aliphatic rings. The van der Waals surface area contributed by atoms with Gasteiger partial charge in [0.2, 0.25) is 0 Å². The molecule has 0 saturated carbocycles. The van der Waals surface area contributed by atoms with Gasteiger partial charge in [-0.2, -0.15) is 0 Å². The van der Waals surface area contributed by atoms with E-state index in [4.69, 9.17) is 0 Å². The van der Waals surface area contributed by atoms with E-state index in [9.17, 15) is 4.79 Å². The van der Waals surface area contributed by atoms with Crippen LogP contribution in [0.5, 0.6) is 0 Å². The fourth-order valence-corrected chi connectivity index (χ4v) is 3.33. The molecule has 0 aliphatic carbocycles. The van der Waals surface area contributed by atoms with Gasteiger partial charge in [-0.25, -0.2) is 9.78 Å². The van der Waals surface area contributed by atoms with E-state index in [1.54, 1.807) is 0 Å². The summed E-state index contributed by atoms with van der Waals surface area (Å²) in [7, 11) is 0. The number of para-hydroxylation sites is 1.